The summed E-state index contributed by atoms with van der Waals surface area (Å²) in [5.74, 6) is -1.58. The van der Waals surface area contributed by atoms with E-state index >= 15 is 0 Å². The second kappa shape index (κ2) is 6.35. The van der Waals surface area contributed by atoms with Crippen LogP contribution in [0.25, 0.3) is 11.6 Å². The Labute approximate surface area is 151 Å². The van der Waals surface area contributed by atoms with E-state index in [1.165, 1.54) is 6.07 Å². The maximum atomic E-state index is 13.6. The number of nitrogens with one attached hydrogen (secondary N) is 1. The van der Waals surface area contributed by atoms with Crippen molar-refractivity contribution < 1.29 is 19.1 Å². The van der Waals surface area contributed by atoms with Crippen LogP contribution in [-0.4, -0.2) is 17.0 Å². The molecule has 1 amide bonds. The van der Waals surface area contributed by atoms with E-state index in [1.54, 1.807) is 18.2 Å². The maximum Gasteiger partial charge on any atom is 0.307 e. The second-order valence-electron chi connectivity index (χ2n) is 5.58. The Kier molecular flexibility index (Phi) is 4.40. The average Bonchev–Trinajstić information content (AvgIpc) is 2.78. The van der Waals surface area contributed by atoms with Crippen molar-refractivity contribution in [1.29, 1.82) is 0 Å². The lowest BCUT2D eigenvalue weighted by Crippen LogP contribution is -2.04. The third-order valence-electron chi connectivity index (χ3n) is 3.87. The molecule has 0 aromatic heterocycles. The highest BCUT2D eigenvalue weighted by molar-refractivity contribution is 14.1. The molecule has 24 heavy (non-hydrogen) atoms. The summed E-state index contributed by atoms with van der Waals surface area (Å²) >= 11 is 1.88. The minimum absolute atomic E-state index is 0.0747. The van der Waals surface area contributed by atoms with Gasteiger partial charge in [0, 0.05) is 14.7 Å². The first-order chi connectivity index (χ1) is 11.3. The molecule has 6 heteroatoms. The molecule has 0 radical (unpaired) electrons. The molecule has 2 aromatic rings. The number of hydrogen-bond acceptors (Lipinski definition) is 2. The number of fused-ring (bicyclic) bond motifs is 1. The van der Waals surface area contributed by atoms with Crippen LogP contribution >= 0.6 is 22.6 Å². The number of carboxylic acids is 1. The molecule has 1 aliphatic rings. The highest BCUT2D eigenvalue weighted by Gasteiger charge is 2.25. The average molecular weight is 437 g/mol. The summed E-state index contributed by atoms with van der Waals surface area (Å²) in [4.78, 5) is 23.1. The Morgan fingerprint density at radius 3 is 2.79 bits per heavy atom. The summed E-state index contributed by atoms with van der Waals surface area (Å²) in [6.07, 6.45) is 1.62. The Balaban J connectivity index is 2.05. The molecular formula is C18H13FINO3. The van der Waals surface area contributed by atoms with Gasteiger partial charge in [0.2, 0.25) is 0 Å². The minimum atomic E-state index is -0.906. The Bertz CT molecular complexity index is 905. The van der Waals surface area contributed by atoms with E-state index < -0.39 is 5.97 Å². The molecule has 0 fully saturated rings. The molecule has 0 spiro atoms. The van der Waals surface area contributed by atoms with Gasteiger partial charge in [0.15, 0.2) is 0 Å². The number of rotatable bonds is 3. The van der Waals surface area contributed by atoms with E-state index in [1.807, 2.05) is 41.6 Å². The second-order valence-corrected chi connectivity index (χ2v) is 6.74. The van der Waals surface area contributed by atoms with E-state index in [4.69, 9.17) is 5.11 Å². The number of carbonyl (C=O) groups is 2. The number of anilines is 1. The highest BCUT2D eigenvalue weighted by atomic mass is 127. The van der Waals surface area contributed by atoms with Crippen LogP contribution < -0.4 is 5.32 Å². The molecule has 2 aromatic carbocycles. The predicted octanol–water partition coefficient (Wildman–Crippen LogP) is 3.86. The van der Waals surface area contributed by atoms with Crippen LogP contribution in [0.2, 0.25) is 0 Å². The van der Waals surface area contributed by atoms with Gasteiger partial charge in [0.1, 0.15) is 5.82 Å². The maximum absolute atomic E-state index is 13.6. The summed E-state index contributed by atoms with van der Waals surface area (Å²) in [6, 6.07) is 8.35. The number of hydrogen-bond donors (Lipinski definition) is 2. The van der Waals surface area contributed by atoms with Crippen LogP contribution in [0, 0.1) is 16.3 Å². The molecule has 0 atom stereocenters. The predicted molar refractivity (Wildman–Crippen MR) is 98.1 cm³/mol. The van der Waals surface area contributed by atoms with Crippen LogP contribution in [0.1, 0.15) is 22.3 Å². The summed E-state index contributed by atoms with van der Waals surface area (Å²) in [7, 11) is 0. The van der Waals surface area contributed by atoms with Crippen molar-refractivity contribution in [3.63, 3.8) is 0 Å². The molecule has 2 N–H and O–H groups in total. The van der Waals surface area contributed by atoms with Crippen molar-refractivity contribution in [2.24, 2.45) is 0 Å². The van der Waals surface area contributed by atoms with Crippen LogP contribution in [-0.2, 0) is 16.0 Å². The Morgan fingerprint density at radius 1 is 1.33 bits per heavy atom. The zero-order valence-electron chi connectivity index (χ0n) is 12.7. The first kappa shape index (κ1) is 16.6. The minimum Gasteiger partial charge on any atom is -0.481 e. The number of amides is 1. The standard InChI is InChI=1S/C18H13FINO3/c1-9-2-3-10(4-11(9)6-17(22)23)5-13-12-7-15(20)14(19)8-16(12)21-18(13)24/h2-5,7-8H,6H2,1H3,(H,21,24)(H,22,23)/b13-5-. The molecule has 3 rings (SSSR count). The van der Waals surface area contributed by atoms with E-state index in [9.17, 15) is 14.0 Å². The number of aryl methyl sites for hydroxylation is 1. The molecule has 4 nitrogen and oxygen atoms in total. The van der Waals surface area contributed by atoms with E-state index in [2.05, 4.69) is 5.32 Å². The lowest BCUT2D eigenvalue weighted by molar-refractivity contribution is -0.136. The zero-order valence-corrected chi connectivity index (χ0v) is 14.8. The smallest absolute Gasteiger partial charge is 0.307 e. The van der Waals surface area contributed by atoms with Gasteiger partial charge in [-0.25, -0.2) is 4.39 Å². The van der Waals surface area contributed by atoms with Crippen molar-refractivity contribution in [2.45, 2.75) is 13.3 Å². The fourth-order valence-corrected chi connectivity index (χ4v) is 3.10. The van der Waals surface area contributed by atoms with Crippen molar-refractivity contribution in [1.82, 2.24) is 0 Å². The summed E-state index contributed by atoms with van der Waals surface area (Å²) in [5, 5.41) is 11.6. The lowest BCUT2D eigenvalue weighted by atomic mass is 9.99. The van der Waals surface area contributed by atoms with Gasteiger partial charge in [-0.15, -0.1) is 0 Å². The van der Waals surface area contributed by atoms with Gasteiger partial charge in [-0.05, 0) is 64.4 Å². The van der Waals surface area contributed by atoms with Crippen LogP contribution in [0.5, 0.6) is 0 Å². The normalized spacial score (nSPS) is 14.6. The Hall–Kier alpha value is -2.22. The van der Waals surface area contributed by atoms with Crippen molar-refractivity contribution >= 4 is 51.8 Å². The molecule has 1 heterocycles. The van der Waals surface area contributed by atoms with E-state index in [0.29, 0.717) is 26.0 Å². The third kappa shape index (κ3) is 3.19. The highest BCUT2D eigenvalue weighted by Crippen LogP contribution is 2.35. The summed E-state index contributed by atoms with van der Waals surface area (Å²) in [6.45, 7) is 1.85. The molecule has 1 aliphatic heterocycles. The molecule has 122 valence electrons. The zero-order chi connectivity index (χ0) is 17.4. The summed E-state index contributed by atoms with van der Waals surface area (Å²) in [5.41, 5.74) is 3.84. The van der Waals surface area contributed by atoms with E-state index in [0.717, 1.165) is 11.1 Å². The largest absolute Gasteiger partial charge is 0.481 e. The first-order valence-electron chi connectivity index (χ1n) is 7.19. The SMILES string of the molecule is Cc1ccc(/C=C2\C(=O)Nc3cc(F)c(I)cc32)cc1CC(=O)O. The molecule has 0 saturated heterocycles. The van der Waals surface area contributed by atoms with Gasteiger partial charge in [0.05, 0.1) is 12.1 Å². The van der Waals surface area contributed by atoms with Gasteiger partial charge in [-0.2, -0.15) is 0 Å². The molecular weight excluding hydrogens is 424 g/mol. The fourth-order valence-electron chi connectivity index (χ4n) is 2.63. The molecule has 0 unspecified atom stereocenters. The summed E-state index contributed by atoms with van der Waals surface area (Å²) < 4.78 is 14.1. The Morgan fingerprint density at radius 2 is 2.08 bits per heavy atom. The van der Waals surface area contributed by atoms with E-state index in [-0.39, 0.29) is 18.1 Å². The quantitative estimate of drug-likeness (QED) is 0.567. The van der Waals surface area contributed by atoms with Crippen LogP contribution in [0.3, 0.4) is 0 Å². The van der Waals surface area contributed by atoms with Crippen molar-refractivity contribution in [3.8, 4) is 0 Å². The van der Waals surface area contributed by atoms with Gasteiger partial charge in [-0.1, -0.05) is 18.2 Å². The number of halogens is 2. The molecule has 0 aliphatic carbocycles. The van der Waals surface area contributed by atoms with Gasteiger partial charge < -0.3 is 10.4 Å². The molecule has 0 bridgehead atoms. The van der Waals surface area contributed by atoms with Gasteiger partial charge in [0.25, 0.3) is 5.91 Å². The molecule has 0 saturated carbocycles. The monoisotopic (exact) mass is 437 g/mol. The first-order valence-corrected chi connectivity index (χ1v) is 8.27. The number of benzene rings is 2. The number of carbonyl (C=O) groups excluding carboxylic acids is 1. The number of aliphatic carboxylic acids is 1. The third-order valence-corrected chi connectivity index (χ3v) is 4.70. The van der Waals surface area contributed by atoms with Crippen molar-refractivity contribution in [2.75, 3.05) is 5.32 Å². The van der Waals surface area contributed by atoms with Gasteiger partial charge >= 0.3 is 5.97 Å². The van der Waals surface area contributed by atoms with Crippen molar-refractivity contribution in [3.05, 3.63) is 62.0 Å². The van der Waals surface area contributed by atoms with Gasteiger partial charge in [-0.3, -0.25) is 9.59 Å². The fraction of sp³-hybridized carbons (Fsp3) is 0.111. The van der Waals surface area contributed by atoms with Crippen LogP contribution in [0.4, 0.5) is 10.1 Å². The number of carboxylic acid groups (broad SMARTS) is 1. The lowest BCUT2D eigenvalue weighted by Gasteiger charge is -2.06. The van der Waals surface area contributed by atoms with Crippen LogP contribution in [0.15, 0.2) is 30.3 Å². The topological polar surface area (TPSA) is 66.4 Å².